The first-order valence-electron chi connectivity index (χ1n) is 10.9. The lowest BCUT2D eigenvalue weighted by Gasteiger charge is -2.10. The Morgan fingerprint density at radius 1 is 1.09 bits per heavy atom. The molecule has 170 valence electrons. The Morgan fingerprint density at radius 3 is 2.44 bits per heavy atom. The van der Waals surface area contributed by atoms with Crippen molar-refractivity contribution in [1.82, 2.24) is 19.7 Å². The average Bonchev–Trinajstić information content (AvgIpc) is 3.30. The number of benzene rings is 1. The minimum absolute atomic E-state index is 0.0395. The van der Waals surface area contributed by atoms with Crippen LogP contribution in [-0.2, 0) is 6.54 Å². The highest BCUT2D eigenvalue weighted by Crippen LogP contribution is 2.27. The lowest BCUT2D eigenvalue weighted by molar-refractivity contribution is 0.101. The van der Waals surface area contributed by atoms with Crippen molar-refractivity contribution in [2.45, 2.75) is 65.1 Å². The number of aromatic nitrogens is 4. The molecule has 32 heavy (non-hydrogen) atoms. The van der Waals surface area contributed by atoms with Gasteiger partial charge in [-0.15, -0.1) is 10.2 Å². The summed E-state index contributed by atoms with van der Waals surface area (Å²) in [5, 5.41) is 10.2. The van der Waals surface area contributed by atoms with Crippen molar-refractivity contribution in [3.05, 3.63) is 51.8 Å². The summed E-state index contributed by atoms with van der Waals surface area (Å²) in [6.07, 6.45) is 4.50. The molecule has 0 bridgehead atoms. The summed E-state index contributed by atoms with van der Waals surface area (Å²) in [6, 6.07) is 7.55. The second-order valence-electron chi connectivity index (χ2n) is 7.92. The number of aromatic amines is 1. The number of nitrogens with one attached hydrogen (secondary N) is 1. The van der Waals surface area contributed by atoms with Crippen molar-refractivity contribution in [1.29, 1.82) is 0 Å². The number of carbonyl (C=O) groups excluding carboxylic acids is 2. The summed E-state index contributed by atoms with van der Waals surface area (Å²) >= 11 is 7.42. The normalized spacial score (nSPS) is 11.2. The number of unbranched alkanes of at least 4 members (excludes halogenated alkanes) is 3. The summed E-state index contributed by atoms with van der Waals surface area (Å²) in [7, 11) is 0. The number of nitrogens with zero attached hydrogens (tertiary/aromatic N) is 3. The monoisotopic (exact) mass is 472 g/mol. The number of ketones is 2. The van der Waals surface area contributed by atoms with E-state index < -0.39 is 0 Å². The first-order valence-corrected chi connectivity index (χ1v) is 12.2. The summed E-state index contributed by atoms with van der Waals surface area (Å²) in [5.41, 5.74) is 3.48. The number of H-pyrrole nitrogens is 1. The van der Waals surface area contributed by atoms with Gasteiger partial charge >= 0.3 is 0 Å². The van der Waals surface area contributed by atoms with E-state index in [1.54, 1.807) is 0 Å². The molecule has 0 spiro atoms. The Kier molecular flexibility index (Phi) is 8.32. The van der Waals surface area contributed by atoms with Gasteiger partial charge in [0.1, 0.15) is 0 Å². The van der Waals surface area contributed by atoms with Crippen LogP contribution in [0.2, 0.25) is 5.02 Å². The molecule has 0 atom stereocenters. The van der Waals surface area contributed by atoms with Gasteiger partial charge in [-0.2, -0.15) is 0 Å². The molecule has 0 saturated carbocycles. The van der Waals surface area contributed by atoms with E-state index >= 15 is 0 Å². The first-order chi connectivity index (χ1) is 15.3. The molecular formula is C24H29ClN4O2S. The van der Waals surface area contributed by atoms with Crippen LogP contribution in [0, 0.1) is 13.8 Å². The third kappa shape index (κ3) is 5.51. The molecule has 0 aliphatic carbocycles. The second kappa shape index (κ2) is 11.0. The van der Waals surface area contributed by atoms with Crippen LogP contribution in [-0.4, -0.2) is 37.1 Å². The summed E-state index contributed by atoms with van der Waals surface area (Å²) in [5.74, 6) is 0.893. The molecule has 3 rings (SSSR count). The molecule has 0 aliphatic heterocycles. The molecule has 0 saturated heterocycles. The Hall–Kier alpha value is -2.38. The second-order valence-corrected chi connectivity index (χ2v) is 9.30. The zero-order valence-corrected chi connectivity index (χ0v) is 20.6. The van der Waals surface area contributed by atoms with Gasteiger partial charge in [-0.1, -0.05) is 49.5 Å². The Morgan fingerprint density at radius 2 is 1.81 bits per heavy atom. The quantitative estimate of drug-likeness (QED) is 0.201. The molecular weight excluding hydrogens is 444 g/mol. The van der Waals surface area contributed by atoms with Crippen LogP contribution in [0.15, 0.2) is 29.4 Å². The van der Waals surface area contributed by atoms with E-state index in [4.69, 9.17) is 11.6 Å². The van der Waals surface area contributed by atoms with Gasteiger partial charge in [0.15, 0.2) is 22.5 Å². The van der Waals surface area contributed by atoms with E-state index in [-0.39, 0.29) is 17.3 Å². The largest absolute Gasteiger partial charge is 0.355 e. The molecule has 3 aromatic rings. The zero-order valence-electron chi connectivity index (χ0n) is 19.0. The predicted octanol–water partition coefficient (Wildman–Crippen LogP) is 6.30. The van der Waals surface area contributed by atoms with E-state index in [0.29, 0.717) is 27.0 Å². The average molecular weight is 473 g/mol. The molecule has 0 aliphatic rings. The Bertz CT molecular complexity index is 1100. The maximum atomic E-state index is 12.9. The van der Waals surface area contributed by atoms with Crippen LogP contribution in [0.5, 0.6) is 0 Å². The third-order valence-electron chi connectivity index (χ3n) is 5.46. The lowest BCUT2D eigenvalue weighted by atomic mass is 10.1. The van der Waals surface area contributed by atoms with E-state index in [1.807, 2.05) is 38.1 Å². The minimum Gasteiger partial charge on any atom is -0.355 e. The standard InChI is InChI=1S/C24H29ClN4O2S/c1-5-6-7-8-13-29-23(18-9-11-19(25)12-10-18)27-28-24(29)32-14-20(31)22-15(2)21(17(4)30)16(3)26-22/h9-12,26H,5-8,13-14H2,1-4H3. The molecule has 6 nitrogen and oxygen atoms in total. The van der Waals surface area contributed by atoms with Crippen LogP contribution >= 0.6 is 23.4 Å². The SMILES string of the molecule is CCCCCCn1c(SCC(=O)c2[nH]c(C)c(C(C)=O)c2C)nnc1-c1ccc(Cl)cc1. The molecule has 0 unspecified atom stereocenters. The van der Waals surface area contributed by atoms with Gasteiger partial charge in [0.25, 0.3) is 0 Å². The molecule has 0 fully saturated rings. The number of aryl methyl sites for hydroxylation is 1. The lowest BCUT2D eigenvalue weighted by Crippen LogP contribution is -2.08. The maximum absolute atomic E-state index is 12.9. The number of halogens is 1. The molecule has 0 radical (unpaired) electrons. The molecule has 8 heteroatoms. The van der Waals surface area contributed by atoms with Crippen LogP contribution in [0.3, 0.4) is 0 Å². The number of rotatable bonds is 11. The topological polar surface area (TPSA) is 80.6 Å². The summed E-state index contributed by atoms with van der Waals surface area (Å²) in [6.45, 7) is 8.13. The fourth-order valence-electron chi connectivity index (χ4n) is 3.87. The number of thioether (sulfide) groups is 1. The number of carbonyl (C=O) groups is 2. The van der Waals surface area contributed by atoms with Crippen molar-refractivity contribution < 1.29 is 9.59 Å². The molecule has 1 N–H and O–H groups in total. The van der Waals surface area contributed by atoms with E-state index in [0.717, 1.165) is 36.5 Å². The van der Waals surface area contributed by atoms with Crippen LogP contribution in [0.1, 0.15) is 71.6 Å². The fourth-order valence-corrected chi connectivity index (χ4v) is 4.83. The fraction of sp³-hybridized carbons (Fsp3) is 0.417. The third-order valence-corrected chi connectivity index (χ3v) is 6.67. The van der Waals surface area contributed by atoms with Gasteiger partial charge in [0.2, 0.25) is 0 Å². The van der Waals surface area contributed by atoms with Gasteiger partial charge in [0, 0.05) is 28.4 Å². The molecule has 2 aromatic heterocycles. The van der Waals surface area contributed by atoms with E-state index in [1.165, 1.54) is 31.5 Å². The summed E-state index contributed by atoms with van der Waals surface area (Å²) < 4.78 is 2.09. The van der Waals surface area contributed by atoms with Crippen LogP contribution in [0.25, 0.3) is 11.4 Å². The van der Waals surface area contributed by atoms with Gasteiger partial charge < -0.3 is 9.55 Å². The van der Waals surface area contributed by atoms with Gasteiger partial charge in [0.05, 0.1) is 11.4 Å². The highest BCUT2D eigenvalue weighted by molar-refractivity contribution is 7.99. The first kappa shape index (κ1) is 24.3. The van der Waals surface area contributed by atoms with E-state index in [9.17, 15) is 9.59 Å². The molecule has 0 amide bonds. The van der Waals surface area contributed by atoms with Crippen LogP contribution < -0.4 is 0 Å². The van der Waals surface area contributed by atoms with E-state index in [2.05, 4.69) is 26.7 Å². The summed E-state index contributed by atoms with van der Waals surface area (Å²) in [4.78, 5) is 27.9. The number of hydrogen-bond donors (Lipinski definition) is 1. The van der Waals surface area contributed by atoms with Gasteiger partial charge in [-0.05, 0) is 57.0 Å². The smallest absolute Gasteiger partial charge is 0.191 e. The minimum atomic E-state index is -0.0586. The number of hydrogen-bond acceptors (Lipinski definition) is 5. The molecule has 1 aromatic carbocycles. The molecule has 2 heterocycles. The van der Waals surface area contributed by atoms with Crippen molar-refractivity contribution in [2.24, 2.45) is 0 Å². The number of Topliss-reactive ketones (excluding diaryl/α,β-unsaturated/α-hetero) is 2. The van der Waals surface area contributed by atoms with Gasteiger partial charge in [-0.3, -0.25) is 9.59 Å². The van der Waals surface area contributed by atoms with Crippen molar-refractivity contribution in [2.75, 3.05) is 5.75 Å². The Labute approximate surface area is 198 Å². The highest BCUT2D eigenvalue weighted by Gasteiger charge is 2.21. The van der Waals surface area contributed by atoms with Crippen molar-refractivity contribution in [3.8, 4) is 11.4 Å². The Balaban J connectivity index is 1.81. The predicted molar refractivity (Wildman–Crippen MR) is 130 cm³/mol. The zero-order chi connectivity index (χ0) is 23.3. The highest BCUT2D eigenvalue weighted by atomic mass is 35.5. The van der Waals surface area contributed by atoms with Crippen LogP contribution in [0.4, 0.5) is 0 Å². The van der Waals surface area contributed by atoms with Crippen molar-refractivity contribution >= 4 is 34.9 Å². The van der Waals surface area contributed by atoms with Crippen molar-refractivity contribution in [3.63, 3.8) is 0 Å². The maximum Gasteiger partial charge on any atom is 0.191 e. The van der Waals surface area contributed by atoms with Gasteiger partial charge in [-0.25, -0.2) is 0 Å².